The maximum atomic E-state index is 10.3. The minimum Gasteiger partial charge on any atom is -0.380 e. The zero-order valence-corrected chi connectivity index (χ0v) is 15.3. The summed E-state index contributed by atoms with van der Waals surface area (Å²) in [6.45, 7) is 9.29. The van der Waals surface area contributed by atoms with Crippen LogP contribution in [0.1, 0.15) is 59.3 Å². The van der Waals surface area contributed by atoms with Gasteiger partial charge in [0.2, 0.25) is 0 Å². The summed E-state index contributed by atoms with van der Waals surface area (Å²) in [6.07, 6.45) is 6.20. The number of aliphatic hydroxyl groups is 1. The first-order valence-electron chi connectivity index (χ1n) is 8.89. The normalized spacial score (nSPS) is 28.4. The smallest absolute Gasteiger partial charge is 0.128 e. The molecule has 1 N–H and O–H groups in total. The molecule has 0 aliphatic carbocycles. The second kappa shape index (κ2) is 12.6. The van der Waals surface area contributed by atoms with E-state index in [4.69, 9.17) is 14.2 Å². The van der Waals surface area contributed by atoms with Crippen LogP contribution in [-0.2, 0) is 14.2 Å². The van der Waals surface area contributed by atoms with Gasteiger partial charge in [-0.15, -0.1) is 11.8 Å². The Balaban J connectivity index is 2.48. The summed E-state index contributed by atoms with van der Waals surface area (Å²) in [7, 11) is 0. The van der Waals surface area contributed by atoms with Gasteiger partial charge < -0.3 is 19.3 Å². The fourth-order valence-corrected chi connectivity index (χ4v) is 3.70. The molecule has 0 saturated carbocycles. The Hall–Kier alpha value is 0.190. The number of unbranched alkanes of at least 4 members (excludes halogenated alkanes) is 3. The van der Waals surface area contributed by atoms with Crippen LogP contribution in [0.3, 0.4) is 0 Å². The molecule has 5 heteroatoms. The van der Waals surface area contributed by atoms with Gasteiger partial charge in [0.25, 0.3) is 0 Å². The summed E-state index contributed by atoms with van der Waals surface area (Å²) >= 11 is 1.54. The summed E-state index contributed by atoms with van der Waals surface area (Å²) < 4.78 is 17.7. The molecule has 1 saturated heterocycles. The summed E-state index contributed by atoms with van der Waals surface area (Å²) in [6, 6.07) is 0. The Bertz CT molecular complexity index is 265. The third-order valence-electron chi connectivity index (χ3n) is 3.83. The predicted octanol–water partition coefficient (Wildman–Crippen LogP) is 3.61. The SMILES string of the molecule is CCCCOC[C@H]1SC(O)[C@H](OCCCC)[C@@H]1OCCCC. The summed E-state index contributed by atoms with van der Waals surface area (Å²) in [5.74, 6) is 0. The van der Waals surface area contributed by atoms with Gasteiger partial charge in [-0.05, 0) is 19.3 Å². The molecule has 0 bridgehead atoms. The molecule has 4 nitrogen and oxygen atoms in total. The lowest BCUT2D eigenvalue weighted by molar-refractivity contribution is -0.0969. The lowest BCUT2D eigenvalue weighted by Crippen LogP contribution is -2.39. The van der Waals surface area contributed by atoms with Crippen molar-refractivity contribution < 1.29 is 19.3 Å². The average molecular weight is 335 g/mol. The molecule has 0 aromatic rings. The first-order valence-corrected chi connectivity index (χ1v) is 9.83. The Morgan fingerprint density at radius 1 is 0.818 bits per heavy atom. The lowest BCUT2D eigenvalue weighted by Gasteiger charge is -2.25. The molecule has 1 rings (SSSR count). The molecule has 4 atom stereocenters. The largest absolute Gasteiger partial charge is 0.380 e. The zero-order chi connectivity index (χ0) is 16.2. The molecule has 1 aliphatic rings. The number of thioether (sulfide) groups is 1. The van der Waals surface area contributed by atoms with Crippen molar-refractivity contribution in [1.82, 2.24) is 0 Å². The molecule has 22 heavy (non-hydrogen) atoms. The number of ether oxygens (including phenoxy) is 3. The van der Waals surface area contributed by atoms with E-state index in [0.29, 0.717) is 13.2 Å². The summed E-state index contributed by atoms with van der Waals surface area (Å²) in [5.41, 5.74) is -0.511. The highest BCUT2D eigenvalue weighted by Crippen LogP contribution is 2.37. The lowest BCUT2D eigenvalue weighted by atomic mass is 10.1. The van der Waals surface area contributed by atoms with Crippen LogP contribution in [0.15, 0.2) is 0 Å². The first-order chi connectivity index (χ1) is 10.7. The molecule has 0 spiro atoms. The zero-order valence-electron chi connectivity index (χ0n) is 14.5. The third-order valence-corrected chi connectivity index (χ3v) is 5.13. The van der Waals surface area contributed by atoms with Crippen LogP contribution in [0.25, 0.3) is 0 Å². The van der Waals surface area contributed by atoms with E-state index in [-0.39, 0.29) is 17.5 Å². The minimum absolute atomic E-state index is 0.0648. The highest BCUT2D eigenvalue weighted by Gasteiger charge is 2.45. The number of hydrogen-bond acceptors (Lipinski definition) is 5. The van der Waals surface area contributed by atoms with Crippen LogP contribution in [0.4, 0.5) is 0 Å². The summed E-state index contributed by atoms with van der Waals surface area (Å²) in [5, 5.41) is 10.5. The van der Waals surface area contributed by atoms with Gasteiger partial charge in [0, 0.05) is 19.8 Å². The van der Waals surface area contributed by atoms with Crippen molar-refractivity contribution in [2.45, 2.75) is 82.2 Å². The minimum atomic E-state index is -0.511. The van der Waals surface area contributed by atoms with E-state index in [2.05, 4.69) is 20.8 Å². The summed E-state index contributed by atoms with van der Waals surface area (Å²) in [4.78, 5) is 0. The monoisotopic (exact) mass is 334 g/mol. The maximum absolute atomic E-state index is 10.3. The second-order valence-corrected chi connectivity index (χ2v) is 7.23. The van der Waals surface area contributed by atoms with Gasteiger partial charge in [0.05, 0.1) is 11.9 Å². The topological polar surface area (TPSA) is 47.9 Å². The quantitative estimate of drug-likeness (QED) is 0.521. The fourth-order valence-electron chi connectivity index (χ4n) is 2.39. The number of aliphatic hydroxyl groups excluding tert-OH is 1. The van der Waals surface area contributed by atoms with E-state index in [9.17, 15) is 5.11 Å². The Kier molecular flexibility index (Phi) is 11.6. The van der Waals surface area contributed by atoms with E-state index in [1.807, 2.05) is 0 Å². The van der Waals surface area contributed by atoms with Crippen LogP contribution in [-0.4, -0.2) is 54.4 Å². The Morgan fingerprint density at radius 3 is 1.95 bits per heavy atom. The van der Waals surface area contributed by atoms with Crippen LogP contribution >= 0.6 is 11.8 Å². The average Bonchev–Trinajstić information content (AvgIpc) is 2.80. The van der Waals surface area contributed by atoms with Crippen LogP contribution < -0.4 is 0 Å². The fraction of sp³-hybridized carbons (Fsp3) is 1.00. The van der Waals surface area contributed by atoms with E-state index in [1.165, 1.54) is 11.8 Å². The Morgan fingerprint density at radius 2 is 1.36 bits per heavy atom. The number of rotatable bonds is 13. The molecule has 0 amide bonds. The van der Waals surface area contributed by atoms with Crippen molar-refractivity contribution in [3.63, 3.8) is 0 Å². The van der Waals surface area contributed by atoms with E-state index in [1.54, 1.807) is 0 Å². The standard InChI is InChI=1S/C17H34O4S/c1-4-7-10-19-13-14-15(20-11-8-5-2)16(17(18)22-14)21-12-9-6-3/h14-18H,4-13H2,1-3H3/t14-,15-,16-,17?/m1/s1. The number of hydrogen-bond donors (Lipinski definition) is 1. The molecular weight excluding hydrogens is 300 g/mol. The van der Waals surface area contributed by atoms with Gasteiger partial charge in [-0.2, -0.15) is 0 Å². The van der Waals surface area contributed by atoms with Crippen LogP contribution in [0.2, 0.25) is 0 Å². The highest BCUT2D eigenvalue weighted by molar-refractivity contribution is 8.00. The van der Waals surface area contributed by atoms with E-state index >= 15 is 0 Å². The molecular formula is C17H34O4S. The van der Waals surface area contributed by atoms with Crippen LogP contribution in [0.5, 0.6) is 0 Å². The predicted molar refractivity (Wildman–Crippen MR) is 92.4 cm³/mol. The van der Waals surface area contributed by atoms with Gasteiger partial charge in [-0.25, -0.2) is 0 Å². The van der Waals surface area contributed by atoms with Crippen LogP contribution in [0, 0.1) is 0 Å². The van der Waals surface area contributed by atoms with Gasteiger partial charge in [-0.1, -0.05) is 40.0 Å². The Labute approximate surface area is 140 Å². The highest BCUT2D eigenvalue weighted by atomic mass is 32.2. The van der Waals surface area contributed by atoms with Gasteiger partial charge in [-0.3, -0.25) is 0 Å². The van der Waals surface area contributed by atoms with Crippen molar-refractivity contribution >= 4 is 11.8 Å². The molecule has 1 fully saturated rings. The van der Waals surface area contributed by atoms with Crippen molar-refractivity contribution in [3.05, 3.63) is 0 Å². The van der Waals surface area contributed by atoms with Gasteiger partial charge >= 0.3 is 0 Å². The molecule has 132 valence electrons. The molecule has 0 radical (unpaired) electrons. The molecule has 1 unspecified atom stereocenters. The van der Waals surface area contributed by atoms with Crippen molar-refractivity contribution in [2.75, 3.05) is 26.4 Å². The van der Waals surface area contributed by atoms with Crippen molar-refractivity contribution in [2.24, 2.45) is 0 Å². The third kappa shape index (κ3) is 7.18. The first kappa shape index (κ1) is 20.2. The van der Waals surface area contributed by atoms with E-state index in [0.717, 1.165) is 51.7 Å². The molecule has 0 aromatic carbocycles. The van der Waals surface area contributed by atoms with Gasteiger partial charge in [0.15, 0.2) is 0 Å². The molecule has 0 aromatic heterocycles. The van der Waals surface area contributed by atoms with E-state index < -0.39 is 5.44 Å². The molecule has 1 aliphatic heterocycles. The molecule has 1 heterocycles. The second-order valence-electron chi connectivity index (χ2n) is 5.87. The van der Waals surface area contributed by atoms with Gasteiger partial charge in [0.1, 0.15) is 17.6 Å². The van der Waals surface area contributed by atoms with Crippen molar-refractivity contribution in [1.29, 1.82) is 0 Å². The van der Waals surface area contributed by atoms with Crippen molar-refractivity contribution in [3.8, 4) is 0 Å². The maximum Gasteiger partial charge on any atom is 0.128 e.